The van der Waals surface area contributed by atoms with Crippen molar-refractivity contribution in [1.29, 1.82) is 0 Å². The van der Waals surface area contributed by atoms with Crippen LogP contribution in [0.2, 0.25) is 0 Å². The molecular formula is C13H13N5O2S. The minimum atomic E-state index is -3.80. The second-order valence-electron chi connectivity index (χ2n) is 4.69. The maximum atomic E-state index is 12.5. The lowest BCUT2D eigenvalue weighted by Gasteiger charge is -2.07. The molecule has 3 rings (SSSR count). The quantitative estimate of drug-likeness (QED) is 0.768. The fraction of sp³-hybridized carbons (Fsp3) is 0.154. The number of pyridine rings is 1. The Morgan fingerprint density at radius 2 is 2.05 bits per heavy atom. The fourth-order valence-electron chi connectivity index (χ4n) is 2.02. The summed E-state index contributed by atoms with van der Waals surface area (Å²) in [6, 6.07) is 6.90. The Morgan fingerprint density at radius 1 is 1.24 bits per heavy atom. The number of hydrogen-bond donors (Lipinski definition) is 2. The van der Waals surface area contributed by atoms with E-state index in [-0.39, 0.29) is 10.8 Å². The van der Waals surface area contributed by atoms with Gasteiger partial charge in [-0.1, -0.05) is 12.1 Å². The van der Waals surface area contributed by atoms with Crippen molar-refractivity contribution in [2.75, 3.05) is 4.72 Å². The Labute approximate surface area is 121 Å². The van der Waals surface area contributed by atoms with Gasteiger partial charge in [0.25, 0.3) is 16.0 Å². The number of para-hydroxylation sites is 1. The first-order chi connectivity index (χ1) is 9.95. The van der Waals surface area contributed by atoms with Crippen LogP contribution >= 0.6 is 0 Å². The number of aryl methyl sites for hydroxylation is 2. The van der Waals surface area contributed by atoms with Gasteiger partial charge >= 0.3 is 0 Å². The molecule has 108 valence electrons. The highest BCUT2D eigenvalue weighted by atomic mass is 32.2. The molecule has 21 heavy (non-hydrogen) atoms. The Balaban J connectivity index is 2.10. The topological polar surface area (TPSA) is 101 Å². The highest BCUT2D eigenvalue weighted by molar-refractivity contribution is 7.93. The van der Waals surface area contributed by atoms with Gasteiger partial charge in [0.05, 0.1) is 5.52 Å². The van der Waals surface area contributed by atoms with Gasteiger partial charge in [0.2, 0.25) is 0 Å². The number of anilines is 1. The number of fused-ring (bicyclic) bond motifs is 1. The Hall–Kier alpha value is -2.48. The molecule has 0 spiro atoms. The van der Waals surface area contributed by atoms with E-state index in [4.69, 9.17) is 0 Å². The van der Waals surface area contributed by atoms with Crippen LogP contribution in [0.5, 0.6) is 0 Å². The molecule has 2 aromatic heterocycles. The van der Waals surface area contributed by atoms with Gasteiger partial charge in [-0.05, 0) is 31.5 Å². The standard InChI is InChI=1S/C13H13N5O2S/c1-8-6-10-4-3-5-11(12(10)14-7-8)21(19,20)18-13-15-9(2)16-17-13/h3-7H,1-2H3,(H2,15,16,17,18). The van der Waals surface area contributed by atoms with Gasteiger partial charge in [-0.3, -0.25) is 10.1 Å². The molecular weight excluding hydrogens is 290 g/mol. The molecule has 3 aromatic rings. The lowest BCUT2D eigenvalue weighted by atomic mass is 10.2. The molecule has 0 unspecified atom stereocenters. The van der Waals surface area contributed by atoms with Gasteiger partial charge in [0, 0.05) is 11.6 Å². The summed E-state index contributed by atoms with van der Waals surface area (Å²) in [5.74, 6) is 0.538. The van der Waals surface area contributed by atoms with E-state index in [0.29, 0.717) is 11.3 Å². The minimum Gasteiger partial charge on any atom is -0.261 e. The maximum absolute atomic E-state index is 12.5. The highest BCUT2D eigenvalue weighted by Crippen LogP contribution is 2.23. The third-order valence-electron chi connectivity index (χ3n) is 2.92. The predicted octanol–water partition coefficient (Wildman–Crippen LogP) is 1.77. The molecule has 0 radical (unpaired) electrons. The van der Waals surface area contributed by atoms with Crippen LogP contribution < -0.4 is 4.72 Å². The summed E-state index contributed by atoms with van der Waals surface area (Å²) in [4.78, 5) is 8.26. The molecule has 2 heterocycles. The largest absolute Gasteiger partial charge is 0.266 e. The summed E-state index contributed by atoms with van der Waals surface area (Å²) in [6.45, 7) is 3.59. The van der Waals surface area contributed by atoms with Crippen LogP contribution in [0, 0.1) is 13.8 Å². The number of sulfonamides is 1. The van der Waals surface area contributed by atoms with E-state index in [0.717, 1.165) is 10.9 Å². The van der Waals surface area contributed by atoms with E-state index in [1.807, 2.05) is 19.1 Å². The summed E-state index contributed by atoms with van der Waals surface area (Å²) in [6.07, 6.45) is 1.64. The Bertz CT molecular complexity index is 917. The van der Waals surface area contributed by atoms with Gasteiger partial charge in [0.1, 0.15) is 10.7 Å². The molecule has 7 nitrogen and oxygen atoms in total. The SMILES string of the molecule is Cc1cnc2c(S(=O)(=O)Nc3n[nH]c(C)n3)cccc2c1. The molecule has 0 saturated heterocycles. The van der Waals surface area contributed by atoms with Gasteiger partial charge < -0.3 is 0 Å². The van der Waals surface area contributed by atoms with Crippen molar-refractivity contribution >= 4 is 26.9 Å². The zero-order valence-corrected chi connectivity index (χ0v) is 12.3. The van der Waals surface area contributed by atoms with Crippen LogP contribution in [-0.4, -0.2) is 28.6 Å². The summed E-state index contributed by atoms with van der Waals surface area (Å²) < 4.78 is 27.3. The molecule has 0 atom stereocenters. The molecule has 2 N–H and O–H groups in total. The monoisotopic (exact) mass is 303 g/mol. The number of benzene rings is 1. The summed E-state index contributed by atoms with van der Waals surface area (Å²) >= 11 is 0. The van der Waals surface area contributed by atoms with Crippen molar-refractivity contribution in [1.82, 2.24) is 20.2 Å². The number of aromatic amines is 1. The number of rotatable bonds is 3. The van der Waals surface area contributed by atoms with Crippen LogP contribution in [0.4, 0.5) is 5.95 Å². The Morgan fingerprint density at radius 3 is 2.76 bits per heavy atom. The summed E-state index contributed by atoms with van der Waals surface area (Å²) in [7, 11) is -3.80. The van der Waals surface area contributed by atoms with Crippen LogP contribution in [0.25, 0.3) is 10.9 Å². The van der Waals surface area contributed by atoms with E-state index < -0.39 is 10.0 Å². The van der Waals surface area contributed by atoms with Gasteiger partial charge in [-0.2, -0.15) is 4.98 Å². The first-order valence-corrected chi connectivity index (χ1v) is 7.71. The molecule has 0 saturated carbocycles. The number of hydrogen-bond acceptors (Lipinski definition) is 5. The highest BCUT2D eigenvalue weighted by Gasteiger charge is 2.20. The van der Waals surface area contributed by atoms with Crippen molar-refractivity contribution in [2.24, 2.45) is 0 Å². The lowest BCUT2D eigenvalue weighted by molar-refractivity contribution is 0.601. The third-order valence-corrected chi connectivity index (χ3v) is 4.28. The third kappa shape index (κ3) is 2.57. The fourth-order valence-corrected chi connectivity index (χ4v) is 3.15. The summed E-state index contributed by atoms with van der Waals surface area (Å²) in [5, 5.41) is 7.13. The van der Waals surface area contributed by atoms with E-state index in [2.05, 4.69) is 24.9 Å². The minimum absolute atomic E-state index is 0.0108. The van der Waals surface area contributed by atoms with Gasteiger partial charge in [0.15, 0.2) is 0 Å². The number of nitrogens with one attached hydrogen (secondary N) is 2. The zero-order chi connectivity index (χ0) is 15.0. The van der Waals surface area contributed by atoms with Crippen LogP contribution in [-0.2, 0) is 10.0 Å². The van der Waals surface area contributed by atoms with E-state index in [1.165, 1.54) is 6.07 Å². The zero-order valence-electron chi connectivity index (χ0n) is 11.5. The normalized spacial score (nSPS) is 11.7. The molecule has 0 aliphatic rings. The molecule has 0 bridgehead atoms. The van der Waals surface area contributed by atoms with Crippen molar-refractivity contribution < 1.29 is 8.42 Å². The average Bonchev–Trinajstić information content (AvgIpc) is 2.82. The number of H-pyrrole nitrogens is 1. The molecule has 8 heteroatoms. The van der Waals surface area contributed by atoms with Crippen molar-refractivity contribution in [3.63, 3.8) is 0 Å². The first kappa shape index (κ1) is 13.5. The first-order valence-electron chi connectivity index (χ1n) is 6.23. The molecule has 0 aliphatic heterocycles. The average molecular weight is 303 g/mol. The van der Waals surface area contributed by atoms with Crippen LogP contribution in [0.1, 0.15) is 11.4 Å². The van der Waals surface area contributed by atoms with Crippen LogP contribution in [0.3, 0.4) is 0 Å². The van der Waals surface area contributed by atoms with Gasteiger partial charge in [-0.15, -0.1) is 5.10 Å². The van der Waals surface area contributed by atoms with Gasteiger partial charge in [-0.25, -0.2) is 13.1 Å². The van der Waals surface area contributed by atoms with Crippen LogP contribution in [0.15, 0.2) is 35.4 Å². The van der Waals surface area contributed by atoms with Crippen molar-refractivity contribution in [3.8, 4) is 0 Å². The van der Waals surface area contributed by atoms with E-state index in [9.17, 15) is 8.42 Å². The number of aromatic nitrogens is 4. The summed E-state index contributed by atoms with van der Waals surface area (Å²) in [5.41, 5.74) is 1.39. The second-order valence-corrected chi connectivity index (χ2v) is 6.34. The number of nitrogens with zero attached hydrogens (tertiary/aromatic N) is 3. The second kappa shape index (κ2) is 4.81. The molecule has 0 aliphatic carbocycles. The molecule has 0 amide bonds. The predicted molar refractivity (Wildman–Crippen MR) is 78.4 cm³/mol. The maximum Gasteiger partial charge on any atom is 0.266 e. The van der Waals surface area contributed by atoms with E-state index >= 15 is 0 Å². The van der Waals surface area contributed by atoms with Crippen molar-refractivity contribution in [2.45, 2.75) is 18.7 Å². The van der Waals surface area contributed by atoms with Crippen molar-refractivity contribution in [3.05, 3.63) is 41.9 Å². The smallest absolute Gasteiger partial charge is 0.261 e. The molecule has 0 fully saturated rings. The lowest BCUT2D eigenvalue weighted by Crippen LogP contribution is -2.14. The van der Waals surface area contributed by atoms with E-state index in [1.54, 1.807) is 19.2 Å². The molecule has 1 aromatic carbocycles. The Kier molecular flexibility index (Phi) is 3.09.